The van der Waals surface area contributed by atoms with Gasteiger partial charge in [-0.3, -0.25) is 4.79 Å². The number of aryl methyl sites for hydroxylation is 1. The number of nitrogens with zero attached hydrogens (tertiary/aromatic N) is 3. The predicted molar refractivity (Wildman–Crippen MR) is 107 cm³/mol. The second-order valence-corrected chi connectivity index (χ2v) is 7.16. The third-order valence-electron chi connectivity index (χ3n) is 4.37. The van der Waals surface area contributed by atoms with E-state index in [0.717, 1.165) is 32.7 Å². The zero-order valence-electron chi connectivity index (χ0n) is 14.8. The van der Waals surface area contributed by atoms with E-state index in [4.69, 9.17) is 4.52 Å². The van der Waals surface area contributed by atoms with Crippen molar-refractivity contribution in [2.24, 2.45) is 0 Å². The van der Waals surface area contributed by atoms with Gasteiger partial charge < -0.3 is 9.09 Å². The number of ketones is 1. The molecule has 0 unspecified atom stereocenters. The molecule has 0 saturated heterocycles. The van der Waals surface area contributed by atoms with Gasteiger partial charge in [-0.1, -0.05) is 33.2 Å². The molecule has 27 heavy (non-hydrogen) atoms. The number of benzene rings is 2. The molecule has 0 aliphatic rings. The van der Waals surface area contributed by atoms with Crippen LogP contribution in [0.5, 0.6) is 0 Å². The van der Waals surface area contributed by atoms with E-state index in [0.29, 0.717) is 11.3 Å². The van der Waals surface area contributed by atoms with Crippen LogP contribution in [0.4, 0.5) is 0 Å². The molecule has 0 atom stereocenters. The van der Waals surface area contributed by atoms with E-state index in [9.17, 15) is 4.79 Å². The topological polar surface area (TPSA) is 60.9 Å². The summed E-state index contributed by atoms with van der Waals surface area (Å²) in [5, 5.41) is 4.23. The molecule has 0 radical (unpaired) electrons. The summed E-state index contributed by atoms with van der Waals surface area (Å²) < 4.78 is 8.34. The summed E-state index contributed by atoms with van der Waals surface area (Å²) in [6, 6.07) is 15.3. The van der Waals surface area contributed by atoms with Gasteiger partial charge in [-0.2, -0.15) is 0 Å². The quantitative estimate of drug-likeness (QED) is 0.410. The average molecular weight is 422 g/mol. The van der Waals surface area contributed by atoms with E-state index in [-0.39, 0.29) is 5.78 Å². The smallest absolute Gasteiger partial charge is 0.159 e. The number of imidazole rings is 1. The molecule has 0 aliphatic heterocycles. The van der Waals surface area contributed by atoms with Gasteiger partial charge in [0.05, 0.1) is 17.6 Å². The molecule has 0 saturated carbocycles. The van der Waals surface area contributed by atoms with Crippen molar-refractivity contribution in [1.29, 1.82) is 0 Å². The lowest BCUT2D eigenvalue weighted by molar-refractivity contribution is 0.101. The van der Waals surface area contributed by atoms with Gasteiger partial charge in [-0.25, -0.2) is 4.98 Å². The number of rotatable bonds is 4. The fourth-order valence-corrected chi connectivity index (χ4v) is 3.37. The summed E-state index contributed by atoms with van der Waals surface area (Å²) in [4.78, 5) is 16.0. The average Bonchev–Trinajstić information content (AvgIpc) is 3.28. The Balaban J connectivity index is 1.74. The Morgan fingerprint density at radius 1 is 1.15 bits per heavy atom. The molecule has 0 amide bonds. The van der Waals surface area contributed by atoms with Crippen LogP contribution in [0.3, 0.4) is 0 Å². The van der Waals surface area contributed by atoms with E-state index in [1.807, 2.05) is 66.2 Å². The highest BCUT2D eigenvalue weighted by Gasteiger charge is 2.19. The first-order chi connectivity index (χ1) is 13.0. The molecule has 0 fully saturated rings. The van der Waals surface area contributed by atoms with E-state index < -0.39 is 0 Å². The van der Waals surface area contributed by atoms with Crippen LogP contribution in [-0.2, 0) is 0 Å². The highest BCUT2D eigenvalue weighted by atomic mass is 79.9. The molecule has 0 spiro atoms. The van der Waals surface area contributed by atoms with Crippen LogP contribution in [0.2, 0.25) is 0 Å². The van der Waals surface area contributed by atoms with Crippen LogP contribution in [0.25, 0.3) is 28.2 Å². The Hall–Kier alpha value is -2.99. The third-order valence-corrected chi connectivity index (χ3v) is 4.86. The molecule has 0 N–H and O–H groups in total. The second-order valence-electron chi connectivity index (χ2n) is 6.24. The molecule has 2 aromatic carbocycles. The van der Waals surface area contributed by atoms with Crippen molar-refractivity contribution >= 4 is 21.7 Å². The number of halogens is 1. The largest absolute Gasteiger partial charge is 0.360 e. The van der Waals surface area contributed by atoms with Gasteiger partial charge in [-0.15, -0.1) is 0 Å². The van der Waals surface area contributed by atoms with Crippen molar-refractivity contribution in [2.75, 3.05) is 0 Å². The number of hydrogen-bond acceptors (Lipinski definition) is 4. The van der Waals surface area contributed by atoms with Gasteiger partial charge in [-0.05, 0) is 50.2 Å². The first kappa shape index (κ1) is 17.4. The summed E-state index contributed by atoms with van der Waals surface area (Å²) in [6.45, 7) is 3.44. The van der Waals surface area contributed by atoms with E-state index >= 15 is 0 Å². The Bertz CT molecular complexity index is 1130. The van der Waals surface area contributed by atoms with Crippen molar-refractivity contribution < 1.29 is 9.32 Å². The monoisotopic (exact) mass is 421 g/mol. The van der Waals surface area contributed by atoms with Gasteiger partial charge in [0.1, 0.15) is 11.5 Å². The van der Waals surface area contributed by atoms with Crippen LogP contribution in [-0.4, -0.2) is 20.5 Å². The van der Waals surface area contributed by atoms with Gasteiger partial charge in [0.2, 0.25) is 0 Å². The molecule has 2 heterocycles. The van der Waals surface area contributed by atoms with Crippen LogP contribution in [0, 0.1) is 6.92 Å². The highest BCUT2D eigenvalue weighted by Crippen LogP contribution is 2.34. The lowest BCUT2D eigenvalue weighted by Gasteiger charge is -2.03. The molecule has 2 aromatic heterocycles. The van der Waals surface area contributed by atoms with E-state index in [1.165, 1.54) is 0 Å². The maximum atomic E-state index is 11.4. The minimum absolute atomic E-state index is 0.0478. The van der Waals surface area contributed by atoms with Crippen molar-refractivity contribution in [3.8, 4) is 28.2 Å². The maximum absolute atomic E-state index is 11.4. The van der Waals surface area contributed by atoms with Crippen molar-refractivity contribution in [3.05, 3.63) is 76.9 Å². The standard InChI is InChI=1S/C21H16BrN3O2/c1-13(26)15-6-8-18(9-7-15)25-11-19(23-12-25)20-14(2)27-24-21(20)16-4-3-5-17(22)10-16/h3-12H,1-2H3. The zero-order valence-corrected chi connectivity index (χ0v) is 16.4. The minimum Gasteiger partial charge on any atom is -0.360 e. The Kier molecular flexibility index (Phi) is 4.49. The third kappa shape index (κ3) is 3.36. The number of aromatic nitrogens is 3. The van der Waals surface area contributed by atoms with Crippen LogP contribution in [0.15, 0.2) is 70.1 Å². The zero-order chi connectivity index (χ0) is 19.0. The predicted octanol–water partition coefficient (Wildman–Crippen LogP) is 5.47. The van der Waals surface area contributed by atoms with Crippen molar-refractivity contribution in [1.82, 2.24) is 14.7 Å². The molecule has 0 bridgehead atoms. The van der Waals surface area contributed by atoms with Crippen LogP contribution >= 0.6 is 15.9 Å². The fourth-order valence-electron chi connectivity index (χ4n) is 2.97. The van der Waals surface area contributed by atoms with Gasteiger partial charge in [0, 0.05) is 27.5 Å². The summed E-state index contributed by atoms with van der Waals surface area (Å²) in [5.74, 6) is 0.758. The van der Waals surface area contributed by atoms with Crippen molar-refractivity contribution in [2.45, 2.75) is 13.8 Å². The number of carbonyl (C=O) groups excluding carboxylic acids is 1. The molecule has 5 nitrogen and oxygen atoms in total. The van der Waals surface area contributed by atoms with Gasteiger partial charge in [0.15, 0.2) is 5.78 Å². The summed E-state index contributed by atoms with van der Waals surface area (Å²) in [7, 11) is 0. The summed E-state index contributed by atoms with van der Waals surface area (Å²) in [6.07, 6.45) is 3.68. The Morgan fingerprint density at radius 2 is 1.93 bits per heavy atom. The molecule has 4 aromatic rings. The fraction of sp³-hybridized carbons (Fsp3) is 0.0952. The van der Waals surface area contributed by atoms with E-state index in [2.05, 4.69) is 26.1 Å². The van der Waals surface area contributed by atoms with Gasteiger partial charge in [0.25, 0.3) is 0 Å². The molecular formula is C21H16BrN3O2. The number of hydrogen-bond donors (Lipinski definition) is 0. The lowest BCUT2D eigenvalue weighted by Crippen LogP contribution is -1.94. The highest BCUT2D eigenvalue weighted by molar-refractivity contribution is 9.10. The maximum Gasteiger partial charge on any atom is 0.159 e. The van der Waals surface area contributed by atoms with Crippen LogP contribution < -0.4 is 0 Å². The SMILES string of the molecule is CC(=O)c1ccc(-n2cnc(-c3c(-c4cccc(Br)c4)noc3C)c2)cc1. The molecule has 4 rings (SSSR count). The van der Waals surface area contributed by atoms with Crippen LogP contribution in [0.1, 0.15) is 23.0 Å². The number of carbonyl (C=O) groups is 1. The summed E-state index contributed by atoms with van der Waals surface area (Å²) in [5.41, 5.74) is 4.97. The molecular weight excluding hydrogens is 406 g/mol. The normalized spacial score (nSPS) is 10.9. The second kappa shape index (κ2) is 6.96. The van der Waals surface area contributed by atoms with Gasteiger partial charge >= 0.3 is 0 Å². The molecule has 6 heteroatoms. The first-order valence-corrected chi connectivity index (χ1v) is 9.20. The van der Waals surface area contributed by atoms with Crippen molar-refractivity contribution in [3.63, 3.8) is 0 Å². The Labute approximate surface area is 164 Å². The molecule has 0 aliphatic carbocycles. The molecule has 134 valence electrons. The first-order valence-electron chi connectivity index (χ1n) is 8.41. The lowest BCUT2D eigenvalue weighted by atomic mass is 10.0. The Morgan fingerprint density at radius 3 is 2.63 bits per heavy atom. The van der Waals surface area contributed by atoms with E-state index in [1.54, 1.807) is 13.3 Å². The minimum atomic E-state index is 0.0478. The summed E-state index contributed by atoms with van der Waals surface area (Å²) >= 11 is 3.50. The number of Topliss-reactive ketones (excluding diaryl/α,β-unsaturated/α-hetero) is 1.